The summed E-state index contributed by atoms with van der Waals surface area (Å²) in [5.41, 5.74) is 2.61. The van der Waals surface area contributed by atoms with Crippen molar-refractivity contribution in [3.63, 3.8) is 0 Å². The predicted molar refractivity (Wildman–Crippen MR) is 93.3 cm³/mol. The SMILES string of the molecule is COc1cc(OC)c(CCNC(=O)c2cccc(C)c2)c(OC)c1. The molecule has 5 nitrogen and oxygen atoms in total. The van der Waals surface area contributed by atoms with Gasteiger partial charge in [-0.1, -0.05) is 17.7 Å². The van der Waals surface area contributed by atoms with Crippen LogP contribution in [0.5, 0.6) is 17.2 Å². The van der Waals surface area contributed by atoms with Crippen molar-refractivity contribution >= 4 is 5.91 Å². The molecule has 0 fully saturated rings. The van der Waals surface area contributed by atoms with Crippen molar-refractivity contribution in [1.29, 1.82) is 0 Å². The van der Waals surface area contributed by atoms with E-state index < -0.39 is 0 Å². The van der Waals surface area contributed by atoms with Gasteiger partial charge in [-0.2, -0.15) is 0 Å². The highest BCUT2D eigenvalue weighted by molar-refractivity contribution is 5.94. The van der Waals surface area contributed by atoms with Crippen molar-refractivity contribution in [2.75, 3.05) is 27.9 Å². The minimum absolute atomic E-state index is 0.0925. The van der Waals surface area contributed by atoms with Gasteiger partial charge in [0.1, 0.15) is 17.2 Å². The standard InChI is InChI=1S/C19H23NO4/c1-13-6-5-7-14(10-13)19(21)20-9-8-16-17(23-3)11-15(22-2)12-18(16)24-4/h5-7,10-12H,8-9H2,1-4H3,(H,20,21). The summed E-state index contributed by atoms with van der Waals surface area (Å²) in [5, 5.41) is 2.92. The molecular weight excluding hydrogens is 306 g/mol. The molecule has 0 spiro atoms. The molecule has 2 aromatic carbocycles. The summed E-state index contributed by atoms with van der Waals surface area (Å²) in [6.45, 7) is 2.44. The minimum Gasteiger partial charge on any atom is -0.496 e. The van der Waals surface area contributed by atoms with Crippen LogP contribution in [-0.4, -0.2) is 33.8 Å². The van der Waals surface area contributed by atoms with Crippen molar-refractivity contribution in [1.82, 2.24) is 5.32 Å². The lowest BCUT2D eigenvalue weighted by Gasteiger charge is -2.15. The maximum atomic E-state index is 12.2. The molecule has 24 heavy (non-hydrogen) atoms. The Morgan fingerprint density at radius 2 is 1.67 bits per heavy atom. The summed E-state index contributed by atoms with van der Waals surface area (Å²) < 4.78 is 16.1. The Balaban J connectivity index is 2.07. The first-order valence-electron chi connectivity index (χ1n) is 7.72. The molecule has 0 aliphatic rings. The molecule has 0 bridgehead atoms. The van der Waals surface area contributed by atoms with Gasteiger partial charge in [0.15, 0.2) is 0 Å². The zero-order valence-electron chi connectivity index (χ0n) is 14.5. The van der Waals surface area contributed by atoms with Gasteiger partial charge < -0.3 is 19.5 Å². The Bertz CT molecular complexity index is 687. The summed E-state index contributed by atoms with van der Waals surface area (Å²) >= 11 is 0. The second-order valence-electron chi connectivity index (χ2n) is 5.39. The Hall–Kier alpha value is -2.69. The van der Waals surface area contributed by atoms with Crippen LogP contribution in [0.4, 0.5) is 0 Å². The van der Waals surface area contributed by atoms with Crippen LogP contribution in [0, 0.1) is 6.92 Å². The highest BCUT2D eigenvalue weighted by Crippen LogP contribution is 2.34. The van der Waals surface area contributed by atoms with E-state index in [4.69, 9.17) is 14.2 Å². The quantitative estimate of drug-likeness (QED) is 0.848. The number of carbonyl (C=O) groups is 1. The second-order valence-corrected chi connectivity index (χ2v) is 5.39. The van der Waals surface area contributed by atoms with E-state index in [1.54, 1.807) is 39.5 Å². The third-order valence-electron chi connectivity index (χ3n) is 3.76. The molecular formula is C19H23NO4. The lowest BCUT2D eigenvalue weighted by atomic mass is 10.1. The third-order valence-corrected chi connectivity index (χ3v) is 3.76. The fourth-order valence-electron chi connectivity index (χ4n) is 2.51. The van der Waals surface area contributed by atoms with Gasteiger partial charge in [-0.05, 0) is 25.5 Å². The van der Waals surface area contributed by atoms with Crippen LogP contribution < -0.4 is 19.5 Å². The third kappa shape index (κ3) is 4.19. The highest BCUT2D eigenvalue weighted by Gasteiger charge is 2.14. The second kappa shape index (κ2) is 8.24. The van der Waals surface area contributed by atoms with Gasteiger partial charge in [0.05, 0.1) is 21.3 Å². The number of aryl methyl sites for hydroxylation is 1. The number of carbonyl (C=O) groups excluding carboxylic acids is 1. The van der Waals surface area contributed by atoms with Crippen LogP contribution in [0.1, 0.15) is 21.5 Å². The van der Waals surface area contributed by atoms with Gasteiger partial charge in [-0.3, -0.25) is 4.79 Å². The molecule has 2 rings (SSSR count). The molecule has 0 heterocycles. The van der Waals surface area contributed by atoms with Crippen LogP contribution in [-0.2, 0) is 6.42 Å². The van der Waals surface area contributed by atoms with Crippen LogP contribution in [0.3, 0.4) is 0 Å². The number of benzene rings is 2. The monoisotopic (exact) mass is 329 g/mol. The lowest BCUT2D eigenvalue weighted by molar-refractivity contribution is 0.0954. The molecule has 0 aliphatic heterocycles. The van der Waals surface area contributed by atoms with Gasteiger partial charge in [0.2, 0.25) is 0 Å². The van der Waals surface area contributed by atoms with Crippen molar-refractivity contribution in [2.45, 2.75) is 13.3 Å². The predicted octanol–water partition coefficient (Wildman–Crippen LogP) is 2.99. The number of amides is 1. The number of hydrogen-bond acceptors (Lipinski definition) is 4. The molecule has 0 aliphatic carbocycles. The zero-order valence-corrected chi connectivity index (χ0v) is 14.5. The average molecular weight is 329 g/mol. The van der Waals surface area contributed by atoms with E-state index in [1.165, 1.54) is 0 Å². The van der Waals surface area contributed by atoms with Crippen molar-refractivity contribution in [3.05, 3.63) is 53.1 Å². The van der Waals surface area contributed by atoms with E-state index in [1.807, 2.05) is 25.1 Å². The number of rotatable bonds is 7. The molecule has 0 aromatic heterocycles. The van der Waals surface area contributed by atoms with Crippen LogP contribution in [0.15, 0.2) is 36.4 Å². The van der Waals surface area contributed by atoms with E-state index in [-0.39, 0.29) is 5.91 Å². The van der Waals surface area contributed by atoms with E-state index in [2.05, 4.69) is 5.32 Å². The Morgan fingerprint density at radius 3 is 2.21 bits per heavy atom. The van der Waals surface area contributed by atoms with Gasteiger partial charge >= 0.3 is 0 Å². The molecule has 0 saturated carbocycles. The summed E-state index contributed by atoms with van der Waals surface area (Å²) in [6, 6.07) is 11.1. The Morgan fingerprint density at radius 1 is 1.00 bits per heavy atom. The van der Waals surface area contributed by atoms with E-state index >= 15 is 0 Å². The van der Waals surface area contributed by atoms with Crippen LogP contribution in [0.25, 0.3) is 0 Å². The Kier molecular flexibility index (Phi) is 6.07. The first kappa shape index (κ1) is 17.7. The lowest BCUT2D eigenvalue weighted by Crippen LogP contribution is -2.26. The molecule has 0 saturated heterocycles. The summed E-state index contributed by atoms with van der Waals surface area (Å²) in [5.74, 6) is 1.92. The summed E-state index contributed by atoms with van der Waals surface area (Å²) in [6.07, 6.45) is 0.591. The average Bonchev–Trinajstić information content (AvgIpc) is 2.61. The molecule has 2 aromatic rings. The molecule has 5 heteroatoms. The number of ether oxygens (including phenoxy) is 3. The molecule has 0 unspecified atom stereocenters. The maximum Gasteiger partial charge on any atom is 0.251 e. The van der Waals surface area contributed by atoms with Crippen LogP contribution >= 0.6 is 0 Å². The fraction of sp³-hybridized carbons (Fsp3) is 0.316. The number of methoxy groups -OCH3 is 3. The molecule has 128 valence electrons. The first-order chi connectivity index (χ1) is 11.6. The van der Waals surface area contributed by atoms with Gasteiger partial charge in [0.25, 0.3) is 5.91 Å². The Labute approximate surface area is 142 Å². The van der Waals surface area contributed by atoms with Gasteiger partial charge in [-0.25, -0.2) is 0 Å². The van der Waals surface area contributed by atoms with Crippen molar-refractivity contribution in [2.24, 2.45) is 0 Å². The largest absolute Gasteiger partial charge is 0.496 e. The molecule has 1 amide bonds. The normalized spacial score (nSPS) is 10.2. The molecule has 0 atom stereocenters. The highest BCUT2D eigenvalue weighted by atomic mass is 16.5. The van der Waals surface area contributed by atoms with E-state index in [0.29, 0.717) is 35.8 Å². The van der Waals surface area contributed by atoms with Crippen LogP contribution in [0.2, 0.25) is 0 Å². The first-order valence-corrected chi connectivity index (χ1v) is 7.72. The van der Waals surface area contributed by atoms with Gasteiger partial charge in [0, 0.05) is 29.8 Å². The summed E-state index contributed by atoms with van der Waals surface area (Å²) in [4.78, 5) is 12.2. The summed E-state index contributed by atoms with van der Waals surface area (Å²) in [7, 11) is 4.79. The minimum atomic E-state index is -0.0925. The maximum absolute atomic E-state index is 12.2. The number of hydrogen-bond donors (Lipinski definition) is 1. The van der Waals surface area contributed by atoms with Crippen molar-refractivity contribution < 1.29 is 19.0 Å². The molecule has 1 N–H and O–H groups in total. The van der Waals surface area contributed by atoms with E-state index in [9.17, 15) is 4.79 Å². The van der Waals surface area contributed by atoms with Crippen molar-refractivity contribution in [3.8, 4) is 17.2 Å². The smallest absolute Gasteiger partial charge is 0.251 e. The zero-order chi connectivity index (χ0) is 17.5. The fourth-order valence-corrected chi connectivity index (χ4v) is 2.51. The number of nitrogens with one attached hydrogen (secondary N) is 1. The van der Waals surface area contributed by atoms with E-state index in [0.717, 1.165) is 11.1 Å². The molecule has 0 radical (unpaired) electrons. The topological polar surface area (TPSA) is 56.8 Å². The van der Waals surface area contributed by atoms with Gasteiger partial charge in [-0.15, -0.1) is 0 Å².